The van der Waals surface area contributed by atoms with Crippen molar-refractivity contribution in [3.8, 4) is 5.75 Å². The minimum atomic E-state index is -0.610. The summed E-state index contributed by atoms with van der Waals surface area (Å²) in [5.41, 5.74) is 5.98. The van der Waals surface area contributed by atoms with Crippen LogP contribution in [0.2, 0.25) is 0 Å². The molecule has 1 aliphatic heterocycles. The molecule has 1 heterocycles. The van der Waals surface area contributed by atoms with Gasteiger partial charge in [-0.05, 0) is 26.0 Å². The number of hydrogen-bond acceptors (Lipinski definition) is 4. The van der Waals surface area contributed by atoms with Gasteiger partial charge in [-0.2, -0.15) is 0 Å². The Bertz CT molecular complexity index is 518. The van der Waals surface area contributed by atoms with Gasteiger partial charge in [0.1, 0.15) is 11.8 Å². The Hall–Kier alpha value is -2.08. The summed E-state index contributed by atoms with van der Waals surface area (Å²) in [5.74, 6) is 0.157. The SMILES string of the molecule is CC1Oc2ccccc2N(C(C)C(=O)NCCN)C1=O. The lowest BCUT2D eigenvalue weighted by Gasteiger charge is -2.36. The molecule has 2 atom stereocenters. The van der Waals surface area contributed by atoms with E-state index in [1.807, 2.05) is 12.1 Å². The van der Waals surface area contributed by atoms with E-state index in [0.29, 0.717) is 24.5 Å². The third-order valence-corrected chi connectivity index (χ3v) is 3.22. The minimum absolute atomic E-state index is 0.223. The number of carbonyl (C=O) groups excluding carboxylic acids is 2. The molecule has 2 rings (SSSR count). The van der Waals surface area contributed by atoms with Crippen molar-refractivity contribution in [3.63, 3.8) is 0 Å². The van der Waals surface area contributed by atoms with E-state index in [1.54, 1.807) is 26.0 Å². The van der Waals surface area contributed by atoms with E-state index < -0.39 is 12.1 Å². The summed E-state index contributed by atoms with van der Waals surface area (Å²) >= 11 is 0. The Morgan fingerprint density at radius 3 is 2.90 bits per heavy atom. The topological polar surface area (TPSA) is 84.7 Å². The Balaban J connectivity index is 2.29. The maximum Gasteiger partial charge on any atom is 0.268 e. The summed E-state index contributed by atoms with van der Waals surface area (Å²) in [5, 5.41) is 2.70. The summed E-state index contributed by atoms with van der Waals surface area (Å²) < 4.78 is 5.54. The minimum Gasteiger partial charge on any atom is -0.479 e. The van der Waals surface area contributed by atoms with Crippen molar-refractivity contribution in [2.24, 2.45) is 5.73 Å². The largest absolute Gasteiger partial charge is 0.479 e. The van der Waals surface area contributed by atoms with Gasteiger partial charge in [-0.15, -0.1) is 0 Å². The number of carbonyl (C=O) groups is 2. The monoisotopic (exact) mass is 277 g/mol. The molecule has 1 aliphatic rings. The zero-order chi connectivity index (χ0) is 14.7. The molecule has 3 N–H and O–H groups in total. The van der Waals surface area contributed by atoms with E-state index in [1.165, 1.54) is 4.90 Å². The lowest BCUT2D eigenvalue weighted by Crippen LogP contribution is -2.54. The molecule has 0 spiro atoms. The van der Waals surface area contributed by atoms with Gasteiger partial charge in [-0.25, -0.2) is 0 Å². The quantitative estimate of drug-likeness (QED) is 0.827. The van der Waals surface area contributed by atoms with Crippen LogP contribution in [0.25, 0.3) is 0 Å². The number of nitrogens with two attached hydrogens (primary N) is 1. The van der Waals surface area contributed by atoms with Gasteiger partial charge in [0.2, 0.25) is 5.91 Å². The Morgan fingerprint density at radius 2 is 2.20 bits per heavy atom. The van der Waals surface area contributed by atoms with Crippen LogP contribution in [0.3, 0.4) is 0 Å². The average molecular weight is 277 g/mol. The summed E-state index contributed by atoms with van der Waals surface area (Å²) in [4.78, 5) is 25.8. The van der Waals surface area contributed by atoms with Gasteiger partial charge in [-0.1, -0.05) is 12.1 Å². The first-order chi connectivity index (χ1) is 9.56. The molecule has 20 heavy (non-hydrogen) atoms. The number of fused-ring (bicyclic) bond motifs is 1. The smallest absolute Gasteiger partial charge is 0.268 e. The normalized spacial score (nSPS) is 19.1. The Labute approximate surface area is 117 Å². The summed E-state index contributed by atoms with van der Waals surface area (Å²) in [6.45, 7) is 4.12. The van der Waals surface area contributed by atoms with Crippen molar-refractivity contribution in [2.75, 3.05) is 18.0 Å². The molecule has 108 valence electrons. The van der Waals surface area contributed by atoms with Gasteiger partial charge in [0, 0.05) is 13.1 Å². The van der Waals surface area contributed by atoms with Gasteiger partial charge >= 0.3 is 0 Å². The molecule has 2 amide bonds. The van der Waals surface area contributed by atoms with E-state index >= 15 is 0 Å². The van der Waals surface area contributed by atoms with Gasteiger partial charge in [0.05, 0.1) is 5.69 Å². The maximum atomic E-state index is 12.3. The molecular formula is C14H19N3O3. The summed E-state index contributed by atoms with van der Waals surface area (Å²) in [6.07, 6.45) is -0.602. The highest BCUT2D eigenvalue weighted by Gasteiger charge is 2.36. The second-order valence-corrected chi connectivity index (χ2v) is 4.69. The molecule has 0 saturated carbocycles. The van der Waals surface area contributed by atoms with Crippen molar-refractivity contribution in [1.29, 1.82) is 0 Å². The first-order valence-electron chi connectivity index (χ1n) is 6.62. The van der Waals surface area contributed by atoms with Crippen molar-refractivity contribution < 1.29 is 14.3 Å². The van der Waals surface area contributed by atoms with Crippen LogP contribution in [-0.4, -0.2) is 37.0 Å². The van der Waals surface area contributed by atoms with E-state index in [-0.39, 0.29) is 11.8 Å². The number of hydrogen-bond donors (Lipinski definition) is 2. The second-order valence-electron chi connectivity index (χ2n) is 4.69. The molecule has 0 aliphatic carbocycles. The first kappa shape index (κ1) is 14.3. The van der Waals surface area contributed by atoms with E-state index in [4.69, 9.17) is 10.5 Å². The van der Waals surface area contributed by atoms with Crippen molar-refractivity contribution >= 4 is 17.5 Å². The Morgan fingerprint density at radius 1 is 1.50 bits per heavy atom. The van der Waals surface area contributed by atoms with Gasteiger partial charge < -0.3 is 15.8 Å². The highest BCUT2D eigenvalue weighted by atomic mass is 16.5. The number of para-hydroxylation sites is 2. The van der Waals surface area contributed by atoms with Gasteiger partial charge in [0.15, 0.2) is 6.10 Å². The maximum absolute atomic E-state index is 12.3. The standard InChI is InChI=1S/C14H19N3O3/c1-9(13(18)16-8-7-15)17-11-5-3-4-6-12(11)20-10(2)14(17)19/h3-6,9-10H,7-8,15H2,1-2H3,(H,16,18). The molecule has 0 radical (unpaired) electrons. The molecule has 0 fully saturated rings. The van der Waals surface area contributed by atoms with Crippen LogP contribution in [-0.2, 0) is 9.59 Å². The highest BCUT2D eigenvalue weighted by molar-refractivity contribution is 6.05. The predicted molar refractivity (Wildman–Crippen MR) is 75.5 cm³/mol. The molecule has 2 unspecified atom stereocenters. The van der Waals surface area contributed by atoms with Crippen LogP contribution in [0.5, 0.6) is 5.75 Å². The summed E-state index contributed by atoms with van der Waals surface area (Å²) in [7, 11) is 0. The number of rotatable bonds is 4. The molecule has 0 saturated heterocycles. The predicted octanol–water partition coefficient (Wildman–Crippen LogP) is 0.264. The number of anilines is 1. The van der Waals surface area contributed by atoms with Crippen molar-refractivity contribution in [3.05, 3.63) is 24.3 Å². The lowest BCUT2D eigenvalue weighted by atomic mass is 10.1. The van der Waals surface area contributed by atoms with Crippen LogP contribution in [0, 0.1) is 0 Å². The third-order valence-electron chi connectivity index (χ3n) is 3.22. The molecule has 6 nitrogen and oxygen atoms in total. The fourth-order valence-corrected chi connectivity index (χ4v) is 2.17. The summed E-state index contributed by atoms with van der Waals surface area (Å²) in [6, 6.07) is 6.59. The fourth-order valence-electron chi connectivity index (χ4n) is 2.17. The molecule has 6 heteroatoms. The van der Waals surface area contributed by atoms with Crippen LogP contribution in [0.4, 0.5) is 5.69 Å². The molecule has 1 aromatic carbocycles. The van der Waals surface area contributed by atoms with Crippen LogP contribution < -0.4 is 20.7 Å². The number of amides is 2. The number of benzene rings is 1. The van der Waals surface area contributed by atoms with E-state index in [0.717, 1.165) is 0 Å². The fraction of sp³-hybridized carbons (Fsp3) is 0.429. The van der Waals surface area contributed by atoms with Crippen molar-refractivity contribution in [2.45, 2.75) is 26.0 Å². The van der Waals surface area contributed by atoms with Crippen LogP contribution in [0.1, 0.15) is 13.8 Å². The number of ether oxygens (including phenoxy) is 1. The van der Waals surface area contributed by atoms with Gasteiger partial charge in [-0.3, -0.25) is 14.5 Å². The highest BCUT2D eigenvalue weighted by Crippen LogP contribution is 2.34. The average Bonchev–Trinajstić information content (AvgIpc) is 2.45. The molecule has 0 bridgehead atoms. The first-order valence-corrected chi connectivity index (χ1v) is 6.62. The number of nitrogens with one attached hydrogen (secondary N) is 1. The van der Waals surface area contributed by atoms with E-state index in [2.05, 4.69) is 5.32 Å². The zero-order valence-corrected chi connectivity index (χ0v) is 11.6. The van der Waals surface area contributed by atoms with E-state index in [9.17, 15) is 9.59 Å². The van der Waals surface area contributed by atoms with Crippen LogP contribution in [0.15, 0.2) is 24.3 Å². The lowest BCUT2D eigenvalue weighted by molar-refractivity contribution is -0.130. The molecular weight excluding hydrogens is 258 g/mol. The Kier molecular flexibility index (Phi) is 4.24. The zero-order valence-electron chi connectivity index (χ0n) is 11.6. The van der Waals surface area contributed by atoms with Crippen molar-refractivity contribution in [1.82, 2.24) is 5.32 Å². The molecule has 1 aromatic rings. The van der Waals surface area contributed by atoms with Crippen LogP contribution >= 0.6 is 0 Å². The molecule has 0 aromatic heterocycles. The third kappa shape index (κ3) is 2.60. The van der Waals surface area contributed by atoms with Gasteiger partial charge in [0.25, 0.3) is 5.91 Å². The second kappa shape index (κ2) is 5.92. The number of nitrogens with zero attached hydrogens (tertiary/aromatic N) is 1.